The van der Waals surface area contributed by atoms with Gasteiger partial charge in [0.25, 0.3) is 11.8 Å². The van der Waals surface area contributed by atoms with E-state index < -0.39 is 11.8 Å². The summed E-state index contributed by atoms with van der Waals surface area (Å²) in [6.07, 6.45) is 3.05. The molecule has 6 heterocycles. The summed E-state index contributed by atoms with van der Waals surface area (Å²) >= 11 is 0. The summed E-state index contributed by atoms with van der Waals surface area (Å²) in [5.41, 5.74) is 1.01. The van der Waals surface area contributed by atoms with Crippen LogP contribution < -0.4 is 10.6 Å². The number of piperazine rings is 1. The highest BCUT2D eigenvalue weighted by Gasteiger charge is 2.57. The van der Waals surface area contributed by atoms with Crippen molar-refractivity contribution in [1.82, 2.24) is 24.2 Å². The van der Waals surface area contributed by atoms with Crippen LogP contribution in [0.3, 0.4) is 0 Å². The molecule has 1 aliphatic carbocycles. The number of carbonyl (C=O) groups is 1. The average Bonchev–Trinajstić information content (AvgIpc) is 3.13. The van der Waals surface area contributed by atoms with Crippen LogP contribution in [0.2, 0.25) is 0 Å². The minimum absolute atomic E-state index is 0.00225. The minimum atomic E-state index is -2.68. The normalized spacial score (nSPS) is 26.2. The van der Waals surface area contributed by atoms with Crippen molar-refractivity contribution in [3.8, 4) is 0 Å². The maximum atomic E-state index is 13.4. The van der Waals surface area contributed by atoms with E-state index in [1.807, 2.05) is 11.0 Å². The Morgan fingerprint density at radius 3 is 2.66 bits per heavy atom. The smallest absolute Gasteiger partial charge is 0.330 e. The summed E-state index contributed by atoms with van der Waals surface area (Å²) in [6, 6.07) is 5.34. The molecule has 3 atom stereocenters. The van der Waals surface area contributed by atoms with Crippen molar-refractivity contribution in [1.29, 1.82) is 0 Å². The number of fused-ring (bicyclic) bond motifs is 4. The van der Waals surface area contributed by atoms with Gasteiger partial charge in [0.1, 0.15) is 12.1 Å². The molecule has 0 aromatic carbocycles. The van der Waals surface area contributed by atoms with Gasteiger partial charge in [0.2, 0.25) is 0 Å². The van der Waals surface area contributed by atoms with Crippen molar-refractivity contribution < 1.29 is 18.1 Å². The molecular weight excluding hydrogens is 422 g/mol. The van der Waals surface area contributed by atoms with Gasteiger partial charge < -0.3 is 14.3 Å². The van der Waals surface area contributed by atoms with Crippen molar-refractivity contribution in [3.05, 3.63) is 40.6 Å². The first-order valence-corrected chi connectivity index (χ1v) is 10.8. The molecule has 7 rings (SSSR count). The third-order valence-electron chi connectivity index (χ3n) is 7.07. The molecule has 1 amide bonds. The summed E-state index contributed by atoms with van der Waals surface area (Å²) in [5.74, 6) is -2.88. The number of hydrogen-bond donors (Lipinski definition) is 0. The third-order valence-corrected chi connectivity index (χ3v) is 7.07. The van der Waals surface area contributed by atoms with Gasteiger partial charge in [-0.1, -0.05) is 5.16 Å². The number of imidazole rings is 1. The molecular formula is C21H22F2N6O3. The number of rotatable bonds is 4. The molecule has 0 spiro atoms. The molecule has 2 bridgehead atoms. The molecule has 4 fully saturated rings. The predicted octanol–water partition coefficient (Wildman–Crippen LogP) is 1.87. The number of amides is 1. The van der Waals surface area contributed by atoms with Crippen molar-refractivity contribution in [3.63, 3.8) is 0 Å². The zero-order valence-corrected chi connectivity index (χ0v) is 17.4. The van der Waals surface area contributed by atoms with Crippen LogP contribution in [-0.4, -0.2) is 61.2 Å². The van der Waals surface area contributed by atoms with Gasteiger partial charge in [0.05, 0.1) is 5.52 Å². The van der Waals surface area contributed by atoms with E-state index in [0.29, 0.717) is 29.9 Å². The van der Waals surface area contributed by atoms with Crippen molar-refractivity contribution in [2.24, 2.45) is 13.0 Å². The summed E-state index contributed by atoms with van der Waals surface area (Å²) in [6.45, 7) is 1.19. The lowest BCUT2D eigenvalue weighted by atomic mass is 9.90. The van der Waals surface area contributed by atoms with Crippen LogP contribution in [0.15, 0.2) is 33.8 Å². The molecule has 0 radical (unpaired) electrons. The largest absolute Gasteiger partial charge is 0.364 e. The minimum Gasteiger partial charge on any atom is -0.364 e. The van der Waals surface area contributed by atoms with Crippen LogP contribution in [0, 0.1) is 5.92 Å². The van der Waals surface area contributed by atoms with E-state index in [1.165, 1.54) is 15.4 Å². The Bertz CT molecular complexity index is 1270. The SMILES string of the molecule is Cn1c(=O)n(CC2CC2(F)F)c2ccc(N3CC4CCC3CN4C(=O)c3ccon3)nc21. The van der Waals surface area contributed by atoms with Crippen LogP contribution >= 0.6 is 0 Å². The maximum Gasteiger partial charge on any atom is 0.330 e. The van der Waals surface area contributed by atoms with Gasteiger partial charge in [-0.05, 0) is 25.0 Å². The number of piperidine rings is 2. The molecule has 9 nitrogen and oxygen atoms in total. The molecule has 4 aliphatic rings. The maximum absolute atomic E-state index is 13.4. The standard InChI is InChI=1S/C21H22F2N6O3/c1-26-18-16(29(20(26)31)9-12-8-21(12,22)23)4-5-17(24-18)27-10-14-3-2-13(27)11-28(14)19(30)15-6-7-32-25-15/h4-7,12-14H,2-3,8-11H2,1H3. The molecule has 3 aromatic rings. The van der Waals surface area contributed by atoms with E-state index in [0.717, 1.165) is 18.7 Å². The molecule has 11 heteroatoms. The van der Waals surface area contributed by atoms with Crippen molar-refractivity contribution >= 4 is 22.9 Å². The number of alkyl halides is 2. The number of nitrogens with zero attached hydrogens (tertiary/aromatic N) is 6. The van der Waals surface area contributed by atoms with E-state index in [-0.39, 0.29) is 36.6 Å². The molecule has 3 unspecified atom stereocenters. The molecule has 168 valence electrons. The topological polar surface area (TPSA) is 89.4 Å². The highest BCUT2D eigenvalue weighted by atomic mass is 19.3. The van der Waals surface area contributed by atoms with Gasteiger partial charge in [0.15, 0.2) is 11.3 Å². The second kappa shape index (κ2) is 6.63. The van der Waals surface area contributed by atoms with Gasteiger partial charge >= 0.3 is 5.69 Å². The predicted molar refractivity (Wildman–Crippen MR) is 110 cm³/mol. The fraction of sp³-hybridized carbons (Fsp3) is 0.524. The van der Waals surface area contributed by atoms with Gasteiger partial charge in [-0.2, -0.15) is 0 Å². The number of halogens is 2. The summed E-state index contributed by atoms with van der Waals surface area (Å²) in [5, 5.41) is 3.77. The highest BCUT2D eigenvalue weighted by molar-refractivity contribution is 5.92. The van der Waals surface area contributed by atoms with E-state index in [2.05, 4.69) is 10.1 Å². The second-order valence-corrected chi connectivity index (χ2v) is 9.01. The first-order valence-electron chi connectivity index (χ1n) is 10.8. The van der Waals surface area contributed by atoms with Gasteiger partial charge in [0, 0.05) is 57.2 Å². The molecule has 1 saturated carbocycles. The fourth-order valence-corrected chi connectivity index (χ4v) is 5.12. The summed E-state index contributed by atoms with van der Waals surface area (Å²) in [7, 11) is 1.61. The second-order valence-electron chi connectivity index (χ2n) is 9.01. The van der Waals surface area contributed by atoms with Gasteiger partial charge in [-0.3, -0.25) is 13.9 Å². The number of pyridine rings is 1. The summed E-state index contributed by atoms with van der Waals surface area (Å²) < 4.78 is 34.5. The molecule has 3 saturated heterocycles. The number of aryl methyl sites for hydroxylation is 1. The Morgan fingerprint density at radius 2 is 2.00 bits per heavy atom. The average molecular weight is 444 g/mol. The first-order chi connectivity index (χ1) is 15.3. The van der Waals surface area contributed by atoms with Gasteiger partial charge in [-0.15, -0.1) is 0 Å². The quantitative estimate of drug-likeness (QED) is 0.611. The third kappa shape index (κ3) is 2.86. The fourth-order valence-electron chi connectivity index (χ4n) is 5.12. The number of anilines is 1. The molecule has 3 aromatic heterocycles. The summed E-state index contributed by atoms with van der Waals surface area (Å²) in [4.78, 5) is 34.2. The van der Waals surface area contributed by atoms with Gasteiger partial charge in [-0.25, -0.2) is 18.6 Å². The molecule has 0 N–H and O–H groups in total. The Kier molecular flexibility index (Phi) is 4.03. The number of aromatic nitrogens is 4. The van der Waals surface area contributed by atoms with Crippen molar-refractivity contribution in [2.75, 3.05) is 18.0 Å². The van der Waals surface area contributed by atoms with E-state index in [1.54, 1.807) is 19.2 Å². The van der Waals surface area contributed by atoms with E-state index in [4.69, 9.17) is 9.51 Å². The van der Waals surface area contributed by atoms with E-state index in [9.17, 15) is 18.4 Å². The van der Waals surface area contributed by atoms with Crippen LogP contribution in [0.5, 0.6) is 0 Å². The number of carbonyl (C=O) groups excluding carboxylic acids is 1. The Labute approximate surface area is 181 Å². The zero-order valence-electron chi connectivity index (χ0n) is 17.4. The molecule has 32 heavy (non-hydrogen) atoms. The Hall–Kier alpha value is -3.24. The lowest BCUT2D eigenvalue weighted by molar-refractivity contribution is 0.0494. The first kappa shape index (κ1) is 19.4. The lowest BCUT2D eigenvalue weighted by Crippen LogP contribution is -2.64. The van der Waals surface area contributed by atoms with Crippen LogP contribution in [0.25, 0.3) is 11.2 Å². The van der Waals surface area contributed by atoms with Crippen LogP contribution in [0.4, 0.5) is 14.6 Å². The van der Waals surface area contributed by atoms with Crippen molar-refractivity contribution in [2.45, 2.75) is 43.8 Å². The Balaban J connectivity index is 1.28. The van der Waals surface area contributed by atoms with Crippen LogP contribution in [-0.2, 0) is 13.6 Å². The Morgan fingerprint density at radius 1 is 1.22 bits per heavy atom. The lowest BCUT2D eigenvalue weighted by Gasteiger charge is -2.51. The van der Waals surface area contributed by atoms with Crippen LogP contribution in [0.1, 0.15) is 29.8 Å². The molecule has 3 aliphatic heterocycles. The highest BCUT2D eigenvalue weighted by Crippen LogP contribution is 2.49. The monoisotopic (exact) mass is 444 g/mol. The zero-order chi connectivity index (χ0) is 22.2. The number of hydrogen-bond acceptors (Lipinski definition) is 6. The van der Waals surface area contributed by atoms with E-state index >= 15 is 0 Å².